The van der Waals surface area contributed by atoms with E-state index in [4.69, 9.17) is 4.74 Å². The molecule has 162 valence electrons. The van der Waals surface area contributed by atoms with Gasteiger partial charge in [0.1, 0.15) is 23.9 Å². The Bertz CT molecular complexity index is 1170. The zero-order valence-electron chi connectivity index (χ0n) is 17.9. The van der Waals surface area contributed by atoms with Crippen LogP contribution in [0.5, 0.6) is 5.75 Å². The van der Waals surface area contributed by atoms with Gasteiger partial charge >= 0.3 is 0 Å². The first-order valence-electron chi connectivity index (χ1n) is 10.3. The van der Waals surface area contributed by atoms with E-state index < -0.39 is 11.8 Å². The van der Waals surface area contributed by atoms with Crippen LogP contribution in [0.2, 0.25) is 0 Å². The average Bonchev–Trinajstić information content (AvgIpc) is 2.99. The van der Waals surface area contributed by atoms with Gasteiger partial charge in [0, 0.05) is 5.69 Å². The van der Waals surface area contributed by atoms with Gasteiger partial charge < -0.3 is 10.1 Å². The highest BCUT2D eigenvalue weighted by molar-refractivity contribution is 6.36. The molecule has 2 amide bonds. The van der Waals surface area contributed by atoms with Crippen LogP contribution in [-0.4, -0.2) is 29.9 Å². The molecule has 0 aromatic heterocycles. The topological polar surface area (TPSA) is 58.6 Å². The number of anilines is 1. The van der Waals surface area contributed by atoms with Crippen molar-refractivity contribution in [1.82, 2.24) is 4.90 Å². The summed E-state index contributed by atoms with van der Waals surface area (Å²) in [5, 5.41) is 3.01. The summed E-state index contributed by atoms with van der Waals surface area (Å²) in [4.78, 5) is 27.6. The minimum absolute atomic E-state index is 0.107. The van der Waals surface area contributed by atoms with Crippen LogP contribution in [0, 0.1) is 19.7 Å². The third kappa shape index (κ3) is 4.54. The maximum absolute atomic E-state index is 13.3. The van der Waals surface area contributed by atoms with Gasteiger partial charge in [-0.1, -0.05) is 36.4 Å². The number of ether oxygens (including phenoxy) is 1. The van der Waals surface area contributed by atoms with Crippen molar-refractivity contribution in [2.24, 2.45) is 0 Å². The van der Waals surface area contributed by atoms with E-state index in [0.29, 0.717) is 17.0 Å². The number of amides is 2. The second-order valence-electron chi connectivity index (χ2n) is 7.68. The van der Waals surface area contributed by atoms with Crippen LogP contribution in [-0.2, 0) is 9.59 Å². The quantitative estimate of drug-likeness (QED) is 0.552. The maximum Gasteiger partial charge on any atom is 0.278 e. The second kappa shape index (κ2) is 9.06. The molecule has 5 nitrogen and oxygen atoms in total. The first-order chi connectivity index (χ1) is 15.4. The van der Waals surface area contributed by atoms with Crippen molar-refractivity contribution >= 4 is 23.1 Å². The minimum Gasteiger partial charge on any atom is -0.492 e. The number of nitrogens with zero attached hydrogens (tertiary/aromatic N) is 1. The van der Waals surface area contributed by atoms with Gasteiger partial charge in [-0.15, -0.1) is 0 Å². The highest BCUT2D eigenvalue weighted by atomic mass is 19.1. The summed E-state index contributed by atoms with van der Waals surface area (Å²) in [5.41, 5.74) is 3.75. The van der Waals surface area contributed by atoms with Gasteiger partial charge in [-0.2, -0.15) is 0 Å². The van der Waals surface area contributed by atoms with E-state index in [9.17, 15) is 14.0 Å². The number of imide groups is 1. The Kier molecular flexibility index (Phi) is 6.03. The van der Waals surface area contributed by atoms with Gasteiger partial charge in [0.05, 0.1) is 12.1 Å². The molecule has 1 aliphatic rings. The van der Waals surface area contributed by atoms with Crippen LogP contribution in [0.4, 0.5) is 10.1 Å². The van der Waals surface area contributed by atoms with E-state index >= 15 is 0 Å². The largest absolute Gasteiger partial charge is 0.492 e. The lowest BCUT2D eigenvalue weighted by molar-refractivity contribution is -0.137. The molecule has 1 aliphatic heterocycles. The van der Waals surface area contributed by atoms with Crippen molar-refractivity contribution < 1.29 is 18.7 Å². The number of aryl methyl sites for hydroxylation is 2. The lowest BCUT2D eigenvalue weighted by Crippen LogP contribution is -2.36. The molecule has 0 fully saturated rings. The molecule has 0 saturated carbocycles. The molecule has 6 heteroatoms. The van der Waals surface area contributed by atoms with E-state index in [1.54, 1.807) is 24.3 Å². The lowest BCUT2D eigenvalue weighted by atomic mass is 10.0. The predicted octanol–water partition coefficient (Wildman–Crippen LogP) is 4.71. The SMILES string of the molecule is Cc1cc(C)cc(OCCN2C(=O)C(Nc3ccc(F)cc3)=C(c3ccccc3)C2=O)c1. The summed E-state index contributed by atoms with van der Waals surface area (Å²) in [6.07, 6.45) is 0. The van der Waals surface area contributed by atoms with Crippen LogP contribution in [0.1, 0.15) is 16.7 Å². The summed E-state index contributed by atoms with van der Waals surface area (Å²) in [6, 6.07) is 20.5. The van der Waals surface area contributed by atoms with Gasteiger partial charge in [0.15, 0.2) is 0 Å². The Morgan fingerprint density at radius 3 is 2.19 bits per heavy atom. The smallest absolute Gasteiger partial charge is 0.278 e. The van der Waals surface area contributed by atoms with E-state index in [0.717, 1.165) is 11.1 Å². The van der Waals surface area contributed by atoms with Gasteiger partial charge in [-0.3, -0.25) is 14.5 Å². The second-order valence-corrected chi connectivity index (χ2v) is 7.68. The summed E-state index contributed by atoms with van der Waals surface area (Å²) in [6.45, 7) is 4.25. The number of carbonyl (C=O) groups is 2. The van der Waals surface area contributed by atoms with Crippen LogP contribution in [0.15, 0.2) is 78.5 Å². The number of halogens is 1. The van der Waals surface area contributed by atoms with E-state index in [1.165, 1.54) is 29.2 Å². The Labute approximate surface area is 186 Å². The van der Waals surface area contributed by atoms with Crippen molar-refractivity contribution in [2.75, 3.05) is 18.5 Å². The van der Waals surface area contributed by atoms with Gasteiger partial charge in [-0.25, -0.2) is 4.39 Å². The minimum atomic E-state index is -0.442. The van der Waals surface area contributed by atoms with Crippen molar-refractivity contribution in [3.8, 4) is 5.75 Å². The number of carbonyl (C=O) groups excluding carboxylic acids is 2. The standard InChI is InChI=1S/C26H23FN2O3/c1-17-14-18(2)16-22(15-17)32-13-12-29-25(30)23(19-6-4-3-5-7-19)24(26(29)31)28-21-10-8-20(27)9-11-21/h3-11,14-16,28H,12-13H2,1-2H3. The molecular weight excluding hydrogens is 407 g/mol. The van der Waals surface area contributed by atoms with Gasteiger partial charge in [-0.05, 0) is 66.9 Å². The van der Waals surface area contributed by atoms with E-state index in [-0.39, 0.29) is 30.2 Å². The van der Waals surface area contributed by atoms with Crippen LogP contribution in [0.25, 0.3) is 5.57 Å². The zero-order valence-corrected chi connectivity index (χ0v) is 17.9. The molecule has 0 aliphatic carbocycles. The van der Waals surface area contributed by atoms with Gasteiger partial charge in [0.25, 0.3) is 11.8 Å². The number of nitrogens with one attached hydrogen (secondary N) is 1. The molecule has 0 radical (unpaired) electrons. The molecular formula is C26H23FN2O3. The Morgan fingerprint density at radius 1 is 0.875 bits per heavy atom. The number of benzene rings is 3. The van der Waals surface area contributed by atoms with Crippen molar-refractivity contribution in [1.29, 1.82) is 0 Å². The molecule has 0 bridgehead atoms. The predicted molar refractivity (Wildman–Crippen MR) is 122 cm³/mol. The molecule has 0 saturated heterocycles. The van der Waals surface area contributed by atoms with E-state index in [1.807, 2.05) is 38.1 Å². The zero-order chi connectivity index (χ0) is 22.7. The first-order valence-corrected chi connectivity index (χ1v) is 10.3. The summed E-state index contributed by atoms with van der Waals surface area (Å²) < 4.78 is 19.1. The molecule has 3 aromatic rings. The first kappa shape index (κ1) is 21.3. The molecule has 0 spiro atoms. The highest BCUT2D eigenvalue weighted by Crippen LogP contribution is 2.30. The number of hydrogen-bond donors (Lipinski definition) is 1. The molecule has 3 aromatic carbocycles. The van der Waals surface area contributed by atoms with Crippen molar-refractivity contribution in [2.45, 2.75) is 13.8 Å². The fraction of sp³-hybridized carbons (Fsp3) is 0.154. The summed E-state index contributed by atoms with van der Waals surface area (Å²) in [7, 11) is 0. The Morgan fingerprint density at radius 2 is 1.53 bits per heavy atom. The Balaban J connectivity index is 1.56. The Hall–Kier alpha value is -3.93. The number of hydrogen-bond acceptors (Lipinski definition) is 4. The maximum atomic E-state index is 13.3. The highest BCUT2D eigenvalue weighted by Gasteiger charge is 2.39. The average molecular weight is 430 g/mol. The fourth-order valence-corrected chi connectivity index (χ4v) is 3.72. The molecule has 1 heterocycles. The van der Waals surface area contributed by atoms with E-state index in [2.05, 4.69) is 5.32 Å². The monoisotopic (exact) mass is 430 g/mol. The number of rotatable bonds is 7. The van der Waals surface area contributed by atoms with Crippen molar-refractivity contribution in [3.05, 3.63) is 101 Å². The molecule has 4 rings (SSSR count). The lowest BCUT2D eigenvalue weighted by Gasteiger charge is -2.16. The van der Waals surface area contributed by atoms with Gasteiger partial charge in [0.2, 0.25) is 0 Å². The normalized spacial score (nSPS) is 13.7. The van der Waals surface area contributed by atoms with Crippen LogP contribution in [0.3, 0.4) is 0 Å². The fourth-order valence-electron chi connectivity index (χ4n) is 3.72. The van der Waals surface area contributed by atoms with Crippen molar-refractivity contribution in [3.63, 3.8) is 0 Å². The molecule has 32 heavy (non-hydrogen) atoms. The van der Waals surface area contributed by atoms with Crippen LogP contribution < -0.4 is 10.1 Å². The molecule has 0 atom stereocenters. The molecule has 0 unspecified atom stereocenters. The summed E-state index contributed by atoms with van der Waals surface area (Å²) in [5.74, 6) is -0.522. The van der Waals surface area contributed by atoms with Crippen LogP contribution >= 0.6 is 0 Å². The molecule has 1 N–H and O–H groups in total. The third-order valence-corrected chi connectivity index (χ3v) is 5.12. The summed E-state index contributed by atoms with van der Waals surface area (Å²) >= 11 is 0. The third-order valence-electron chi connectivity index (χ3n) is 5.12.